The van der Waals surface area contributed by atoms with Crippen LogP contribution in [0.25, 0.3) is 0 Å². The van der Waals surface area contributed by atoms with Crippen LogP contribution in [0.5, 0.6) is 0 Å². The van der Waals surface area contributed by atoms with E-state index >= 15 is 0 Å². The normalized spacial score (nSPS) is 18.5. The Morgan fingerprint density at radius 1 is 1.33 bits per heavy atom. The molecule has 0 saturated carbocycles. The lowest BCUT2D eigenvalue weighted by atomic mass is 9.98. The maximum absolute atomic E-state index is 13.9. The van der Waals surface area contributed by atoms with Gasteiger partial charge in [0.05, 0.1) is 0 Å². The maximum Gasteiger partial charge on any atom is 0.126 e. The summed E-state index contributed by atoms with van der Waals surface area (Å²) in [7, 11) is 1.94. The Labute approximate surface area is 133 Å². The van der Waals surface area contributed by atoms with E-state index in [9.17, 15) is 4.39 Å². The molecule has 4 heteroatoms. The molecule has 0 aromatic heterocycles. The summed E-state index contributed by atoms with van der Waals surface area (Å²) in [6, 6.07) is 13.5. The number of hydrogen-bond donors (Lipinski definition) is 1. The molecule has 1 nitrogen and oxygen atoms in total. The van der Waals surface area contributed by atoms with Crippen LogP contribution in [-0.2, 0) is 12.8 Å². The summed E-state index contributed by atoms with van der Waals surface area (Å²) in [5.74, 6) is -0.180. The van der Waals surface area contributed by atoms with E-state index in [4.69, 9.17) is 11.6 Å². The Kier molecular flexibility index (Phi) is 4.53. The van der Waals surface area contributed by atoms with Crippen molar-refractivity contribution in [3.8, 4) is 0 Å². The molecule has 1 N–H and O–H groups in total. The number of benzene rings is 2. The zero-order valence-corrected chi connectivity index (χ0v) is 13.3. The van der Waals surface area contributed by atoms with Crippen LogP contribution < -0.4 is 5.32 Å². The molecular formula is C17H17ClFNS. The summed E-state index contributed by atoms with van der Waals surface area (Å²) in [5, 5.41) is 4.35. The monoisotopic (exact) mass is 321 g/mol. The molecule has 0 bridgehead atoms. The van der Waals surface area contributed by atoms with Crippen molar-refractivity contribution in [3.63, 3.8) is 0 Å². The van der Waals surface area contributed by atoms with Crippen molar-refractivity contribution in [1.82, 2.24) is 5.32 Å². The molecule has 2 aromatic rings. The van der Waals surface area contributed by atoms with Crippen LogP contribution in [0, 0.1) is 5.82 Å². The highest BCUT2D eigenvalue weighted by Gasteiger charge is 2.29. The van der Waals surface area contributed by atoms with Gasteiger partial charge in [0.15, 0.2) is 0 Å². The minimum atomic E-state index is -0.180. The summed E-state index contributed by atoms with van der Waals surface area (Å²) < 4.78 is 13.9. The van der Waals surface area contributed by atoms with Crippen molar-refractivity contribution in [3.05, 3.63) is 64.4 Å². The molecule has 3 rings (SSSR count). The number of likely N-dealkylation sites (N-methyl/N-ethyl adjacent to an activating group) is 1. The molecule has 2 atom stereocenters. The molecule has 0 amide bonds. The van der Waals surface area contributed by atoms with Gasteiger partial charge in [-0.1, -0.05) is 29.8 Å². The lowest BCUT2D eigenvalue weighted by Gasteiger charge is -2.22. The van der Waals surface area contributed by atoms with E-state index in [2.05, 4.69) is 29.6 Å². The third kappa shape index (κ3) is 3.25. The standard InChI is InChI=1S/C17H17ClFNS/c1-20-15(9-12-8-13(18)6-7-14(12)19)17-10-11-4-2-3-5-16(11)21-17/h2-8,15,17,20H,9-10H2,1H3. The molecule has 0 spiro atoms. The van der Waals surface area contributed by atoms with Crippen molar-refractivity contribution >= 4 is 23.4 Å². The third-order valence-electron chi connectivity index (χ3n) is 3.94. The Hall–Kier alpha value is -1.03. The Morgan fingerprint density at radius 2 is 2.14 bits per heavy atom. The van der Waals surface area contributed by atoms with Gasteiger partial charge in [-0.3, -0.25) is 0 Å². The summed E-state index contributed by atoms with van der Waals surface area (Å²) in [5.41, 5.74) is 2.07. The van der Waals surface area contributed by atoms with E-state index in [1.54, 1.807) is 12.1 Å². The van der Waals surface area contributed by atoms with Crippen LogP contribution in [0.4, 0.5) is 4.39 Å². The second-order valence-electron chi connectivity index (χ2n) is 5.30. The summed E-state index contributed by atoms with van der Waals surface area (Å²) in [6.45, 7) is 0. The highest BCUT2D eigenvalue weighted by atomic mass is 35.5. The lowest BCUT2D eigenvalue weighted by Crippen LogP contribution is -2.37. The lowest BCUT2D eigenvalue weighted by molar-refractivity contribution is 0.518. The van der Waals surface area contributed by atoms with Gasteiger partial charge >= 0.3 is 0 Å². The minimum Gasteiger partial charge on any atom is -0.316 e. The highest BCUT2D eigenvalue weighted by molar-refractivity contribution is 8.00. The van der Waals surface area contributed by atoms with Gasteiger partial charge in [0.2, 0.25) is 0 Å². The zero-order valence-electron chi connectivity index (χ0n) is 11.8. The molecule has 0 saturated heterocycles. The number of thioether (sulfide) groups is 1. The van der Waals surface area contributed by atoms with Gasteiger partial charge < -0.3 is 5.32 Å². The molecule has 1 aliphatic rings. The Balaban J connectivity index is 1.76. The average Bonchev–Trinajstić information content (AvgIpc) is 2.91. The van der Waals surface area contributed by atoms with Crippen LogP contribution >= 0.6 is 23.4 Å². The Morgan fingerprint density at radius 3 is 2.90 bits per heavy atom. The van der Waals surface area contributed by atoms with Crippen LogP contribution in [0.15, 0.2) is 47.4 Å². The van der Waals surface area contributed by atoms with Crippen molar-refractivity contribution in [1.29, 1.82) is 0 Å². The fraction of sp³-hybridized carbons (Fsp3) is 0.294. The van der Waals surface area contributed by atoms with Crippen LogP contribution in [0.1, 0.15) is 11.1 Å². The van der Waals surface area contributed by atoms with Crippen LogP contribution in [0.2, 0.25) is 5.02 Å². The average molecular weight is 322 g/mol. The van der Waals surface area contributed by atoms with Gasteiger partial charge in [0, 0.05) is 21.2 Å². The first kappa shape index (κ1) is 14.9. The zero-order chi connectivity index (χ0) is 14.8. The number of fused-ring (bicyclic) bond motifs is 1. The first-order valence-electron chi connectivity index (χ1n) is 7.03. The van der Waals surface area contributed by atoms with Crippen molar-refractivity contribution in [2.45, 2.75) is 29.0 Å². The second kappa shape index (κ2) is 6.39. The van der Waals surface area contributed by atoms with Crippen molar-refractivity contribution < 1.29 is 4.39 Å². The molecule has 21 heavy (non-hydrogen) atoms. The molecule has 2 unspecified atom stereocenters. The van der Waals surface area contributed by atoms with E-state index in [0.29, 0.717) is 22.3 Å². The number of hydrogen-bond acceptors (Lipinski definition) is 2. The largest absolute Gasteiger partial charge is 0.316 e. The molecule has 2 aromatic carbocycles. The fourth-order valence-electron chi connectivity index (χ4n) is 2.79. The predicted octanol–water partition coefficient (Wildman–Crippen LogP) is 4.33. The maximum atomic E-state index is 13.9. The van der Waals surface area contributed by atoms with Crippen molar-refractivity contribution in [2.24, 2.45) is 0 Å². The summed E-state index contributed by atoms with van der Waals surface area (Å²) in [6.07, 6.45) is 1.67. The number of halogens is 2. The topological polar surface area (TPSA) is 12.0 Å². The molecule has 0 fully saturated rings. The van der Waals surface area contributed by atoms with Gasteiger partial charge in [-0.2, -0.15) is 0 Å². The van der Waals surface area contributed by atoms with Gasteiger partial charge in [-0.15, -0.1) is 11.8 Å². The second-order valence-corrected chi connectivity index (χ2v) is 7.02. The summed E-state index contributed by atoms with van der Waals surface area (Å²) in [4.78, 5) is 1.34. The molecule has 1 heterocycles. The van der Waals surface area contributed by atoms with Crippen LogP contribution in [-0.4, -0.2) is 18.3 Å². The van der Waals surface area contributed by atoms with Gasteiger partial charge in [0.25, 0.3) is 0 Å². The number of rotatable bonds is 4. The van der Waals surface area contributed by atoms with Gasteiger partial charge in [0.1, 0.15) is 5.82 Å². The molecule has 110 valence electrons. The van der Waals surface area contributed by atoms with Gasteiger partial charge in [-0.05, 0) is 55.3 Å². The molecule has 0 aliphatic carbocycles. The molecule has 1 aliphatic heterocycles. The number of nitrogens with one attached hydrogen (secondary N) is 1. The Bertz CT molecular complexity index is 621. The quantitative estimate of drug-likeness (QED) is 0.899. The van der Waals surface area contributed by atoms with E-state index in [-0.39, 0.29) is 11.9 Å². The minimum absolute atomic E-state index is 0.180. The molecule has 0 radical (unpaired) electrons. The summed E-state index contributed by atoms with van der Waals surface area (Å²) >= 11 is 7.86. The van der Waals surface area contributed by atoms with E-state index < -0.39 is 0 Å². The SMILES string of the molecule is CNC(Cc1cc(Cl)ccc1F)C1Cc2ccccc2S1. The van der Waals surface area contributed by atoms with Crippen LogP contribution in [0.3, 0.4) is 0 Å². The van der Waals surface area contributed by atoms with E-state index in [1.165, 1.54) is 16.5 Å². The first-order valence-corrected chi connectivity index (χ1v) is 8.29. The van der Waals surface area contributed by atoms with E-state index in [1.807, 2.05) is 18.8 Å². The fourth-order valence-corrected chi connectivity index (χ4v) is 4.43. The molecular weight excluding hydrogens is 305 g/mol. The first-order chi connectivity index (χ1) is 10.2. The predicted molar refractivity (Wildman–Crippen MR) is 87.8 cm³/mol. The highest BCUT2D eigenvalue weighted by Crippen LogP contribution is 2.39. The van der Waals surface area contributed by atoms with Crippen molar-refractivity contribution in [2.75, 3.05) is 7.05 Å². The smallest absolute Gasteiger partial charge is 0.126 e. The van der Waals surface area contributed by atoms with E-state index in [0.717, 1.165) is 6.42 Å². The van der Waals surface area contributed by atoms with Gasteiger partial charge in [-0.25, -0.2) is 4.39 Å². The third-order valence-corrected chi connectivity index (χ3v) is 5.62.